The number of carbonyl (C=O) groups excluding carboxylic acids is 4. The Labute approximate surface area is 269 Å². The molecular weight excluding hydrogens is 672 g/mol. The molecule has 0 aliphatic carbocycles. The highest BCUT2D eigenvalue weighted by Gasteiger charge is 2.79. The second kappa shape index (κ2) is 11.9. The normalized spacial score (nSPS) is 24.2. The van der Waals surface area contributed by atoms with Gasteiger partial charge in [0.2, 0.25) is 6.10 Å². The number of rotatable bonds is 7. The van der Waals surface area contributed by atoms with Crippen molar-refractivity contribution in [2.24, 2.45) is 0 Å². The molecule has 0 radical (unpaired) electrons. The maximum absolute atomic E-state index is 13.1. The number of carbonyl (C=O) groups is 4. The average Bonchev–Trinajstić information content (AvgIpc) is 3.29. The van der Waals surface area contributed by atoms with Crippen LogP contribution >= 0.6 is 0 Å². The third-order valence-electron chi connectivity index (χ3n) is 7.03. The Kier molecular flexibility index (Phi) is 8.20. The van der Waals surface area contributed by atoms with Crippen molar-refractivity contribution in [2.75, 3.05) is 6.61 Å². The second-order valence-corrected chi connectivity index (χ2v) is 10.3. The SMILES string of the molecule is O=C1O[C@]2(OC(=O)c3cc(O)c(O)c(O)c3)O[C@H](COC(=O)c3cc(O)c(O)c(O)c3)[C@@H](O)[C@H](OC(=O)c3cc(O)c(O)c(O)c3)[C@@]2(O)O1. The van der Waals surface area contributed by atoms with Crippen molar-refractivity contribution >= 4 is 24.1 Å². The van der Waals surface area contributed by atoms with Gasteiger partial charge in [-0.1, -0.05) is 0 Å². The lowest BCUT2D eigenvalue weighted by Gasteiger charge is -2.46. The molecule has 2 aliphatic rings. The van der Waals surface area contributed by atoms with E-state index in [4.69, 9.17) is 28.4 Å². The summed E-state index contributed by atoms with van der Waals surface area (Å²) in [5, 5.41) is 110. The van der Waals surface area contributed by atoms with Crippen LogP contribution in [0.1, 0.15) is 31.1 Å². The van der Waals surface area contributed by atoms with Gasteiger partial charge in [-0.25, -0.2) is 19.2 Å². The van der Waals surface area contributed by atoms with Gasteiger partial charge in [0, 0.05) is 0 Å². The van der Waals surface area contributed by atoms with Crippen LogP contribution in [0.25, 0.3) is 0 Å². The van der Waals surface area contributed by atoms with E-state index < -0.39 is 129 Å². The number of aliphatic hydroxyl groups is 2. The Morgan fingerprint density at radius 2 is 1.06 bits per heavy atom. The smallest absolute Gasteiger partial charge is 0.504 e. The van der Waals surface area contributed by atoms with Crippen LogP contribution in [0.15, 0.2) is 36.4 Å². The van der Waals surface area contributed by atoms with Crippen LogP contribution in [0.2, 0.25) is 0 Å². The molecule has 0 saturated carbocycles. The lowest BCUT2D eigenvalue weighted by molar-refractivity contribution is -0.469. The molecule has 21 nitrogen and oxygen atoms in total. The minimum Gasteiger partial charge on any atom is -0.504 e. The monoisotopic (exact) mass is 694 g/mol. The Morgan fingerprint density at radius 3 is 1.51 bits per heavy atom. The van der Waals surface area contributed by atoms with Gasteiger partial charge in [0.05, 0.1) is 16.7 Å². The highest BCUT2D eigenvalue weighted by molar-refractivity contribution is 5.93. The molecule has 0 aromatic heterocycles. The zero-order valence-corrected chi connectivity index (χ0v) is 23.9. The number of esters is 3. The lowest BCUT2D eigenvalue weighted by Crippen LogP contribution is -2.73. The van der Waals surface area contributed by atoms with E-state index in [1.807, 2.05) is 0 Å². The number of ether oxygens (including phenoxy) is 6. The number of fused-ring (bicyclic) bond motifs is 1. The molecule has 0 spiro atoms. The Bertz CT molecular complexity index is 1820. The van der Waals surface area contributed by atoms with Gasteiger partial charge < -0.3 is 79.9 Å². The molecule has 11 N–H and O–H groups in total. The summed E-state index contributed by atoms with van der Waals surface area (Å²) in [5.74, 6) is -21.1. The van der Waals surface area contributed by atoms with E-state index in [0.29, 0.717) is 36.4 Å². The highest BCUT2D eigenvalue weighted by Crippen LogP contribution is 2.48. The van der Waals surface area contributed by atoms with Crippen molar-refractivity contribution < 1.29 is 104 Å². The quantitative estimate of drug-likeness (QED) is 0.0846. The fourth-order valence-corrected chi connectivity index (χ4v) is 4.60. The van der Waals surface area contributed by atoms with Gasteiger partial charge >= 0.3 is 35.8 Å². The van der Waals surface area contributed by atoms with Crippen LogP contribution < -0.4 is 0 Å². The van der Waals surface area contributed by atoms with E-state index >= 15 is 0 Å². The van der Waals surface area contributed by atoms with Crippen LogP contribution in [0.5, 0.6) is 51.7 Å². The maximum atomic E-state index is 13.1. The van der Waals surface area contributed by atoms with Gasteiger partial charge in [0.15, 0.2) is 51.7 Å². The molecule has 2 aliphatic heterocycles. The molecule has 0 bridgehead atoms. The molecule has 3 aromatic rings. The number of aliphatic hydroxyl groups excluding tert-OH is 1. The van der Waals surface area contributed by atoms with Crippen molar-refractivity contribution in [1.29, 1.82) is 0 Å². The molecule has 0 amide bonds. The van der Waals surface area contributed by atoms with E-state index in [1.165, 1.54) is 0 Å². The third kappa shape index (κ3) is 5.79. The van der Waals surface area contributed by atoms with E-state index in [2.05, 4.69) is 0 Å². The van der Waals surface area contributed by atoms with Crippen LogP contribution in [0.4, 0.5) is 4.79 Å². The third-order valence-corrected chi connectivity index (χ3v) is 7.03. The summed E-state index contributed by atoms with van der Waals surface area (Å²) in [6.45, 7) is -1.16. The highest BCUT2D eigenvalue weighted by atomic mass is 17.0. The van der Waals surface area contributed by atoms with E-state index in [0.717, 1.165) is 0 Å². The first kappa shape index (κ1) is 33.8. The molecule has 21 heteroatoms. The Morgan fingerprint density at radius 1 is 0.653 bits per heavy atom. The molecule has 49 heavy (non-hydrogen) atoms. The van der Waals surface area contributed by atoms with Crippen molar-refractivity contribution in [3.63, 3.8) is 0 Å². The summed E-state index contributed by atoms with van der Waals surface area (Å²) in [6.07, 6.45) is -9.08. The number of phenols is 9. The van der Waals surface area contributed by atoms with Crippen molar-refractivity contribution in [2.45, 2.75) is 30.1 Å². The number of hydrogen-bond donors (Lipinski definition) is 11. The summed E-state index contributed by atoms with van der Waals surface area (Å²) in [6, 6.07) is 3.57. The van der Waals surface area contributed by atoms with Crippen molar-refractivity contribution in [1.82, 2.24) is 0 Å². The molecule has 5 rings (SSSR count). The first-order valence-electron chi connectivity index (χ1n) is 13.2. The largest absolute Gasteiger partial charge is 0.516 e. The minimum absolute atomic E-state index is 0.547. The first-order valence-corrected chi connectivity index (χ1v) is 13.2. The molecule has 2 heterocycles. The first-order chi connectivity index (χ1) is 22.9. The average molecular weight is 694 g/mol. The standard InChI is InChI=1S/C28H22O21/c29-11-1-8(2-12(30)18(11)35)23(39)44-7-17-21(38)22(45-24(40)9-3-13(31)19(36)14(32)4-9)27(43)28(46-17,49-26(42)48-27)47-25(41)10-5-15(33)20(37)16(34)6-10/h1-6,17,21-22,29-38,43H,7H2/t17-,21-,22+,27-,28+/m1/s1. The zero-order chi connectivity index (χ0) is 36.2. The minimum atomic E-state index is -3.65. The summed E-state index contributed by atoms with van der Waals surface area (Å²) >= 11 is 0. The number of phenolic OH excluding ortho intramolecular Hbond substituents is 9. The predicted octanol–water partition coefficient (Wildman–Crippen LogP) is -0.455. The lowest BCUT2D eigenvalue weighted by atomic mass is 9.93. The van der Waals surface area contributed by atoms with E-state index in [9.17, 15) is 75.3 Å². The second-order valence-electron chi connectivity index (χ2n) is 10.3. The van der Waals surface area contributed by atoms with Gasteiger partial charge in [-0.05, 0) is 36.4 Å². The van der Waals surface area contributed by atoms with Gasteiger partial charge in [-0.3, -0.25) is 4.74 Å². The molecular formula is C28H22O21. The molecule has 0 unspecified atom stereocenters. The van der Waals surface area contributed by atoms with Crippen LogP contribution in [0, 0.1) is 0 Å². The molecule has 3 aromatic carbocycles. The van der Waals surface area contributed by atoms with E-state index in [1.54, 1.807) is 0 Å². The molecule has 260 valence electrons. The predicted molar refractivity (Wildman–Crippen MR) is 145 cm³/mol. The fourth-order valence-electron chi connectivity index (χ4n) is 4.60. The summed E-state index contributed by atoms with van der Waals surface area (Å²) in [4.78, 5) is 51.3. The Hall–Kier alpha value is -6.58. The maximum Gasteiger partial charge on any atom is 0.516 e. The molecule has 5 atom stereocenters. The fraction of sp³-hybridized carbons (Fsp3) is 0.214. The van der Waals surface area contributed by atoms with Gasteiger partial charge in [-0.2, -0.15) is 0 Å². The van der Waals surface area contributed by atoms with Gasteiger partial charge in [0.25, 0.3) is 0 Å². The molecule has 2 fully saturated rings. The molecule has 2 saturated heterocycles. The summed E-state index contributed by atoms with van der Waals surface area (Å²) in [5.41, 5.74) is -2.11. The number of hydrogen-bond acceptors (Lipinski definition) is 21. The number of benzene rings is 3. The van der Waals surface area contributed by atoms with Crippen molar-refractivity contribution in [3.8, 4) is 51.7 Å². The summed E-state index contributed by atoms with van der Waals surface area (Å²) in [7, 11) is 0. The van der Waals surface area contributed by atoms with Crippen LogP contribution in [-0.2, 0) is 28.4 Å². The summed E-state index contributed by atoms with van der Waals surface area (Å²) < 4.78 is 30.1. The van der Waals surface area contributed by atoms with Gasteiger partial charge in [-0.15, -0.1) is 0 Å². The Balaban J connectivity index is 1.53. The van der Waals surface area contributed by atoms with E-state index in [-0.39, 0.29) is 0 Å². The van der Waals surface area contributed by atoms with Crippen LogP contribution in [0.3, 0.4) is 0 Å². The zero-order valence-electron chi connectivity index (χ0n) is 23.9. The number of aromatic hydroxyl groups is 9. The topological polar surface area (TPSA) is 346 Å². The van der Waals surface area contributed by atoms with Crippen LogP contribution in [-0.4, -0.2) is 117 Å². The van der Waals surface area contributed by atoms with Crippen molar-refractivity contribution in [3.05, 3.63) is 53.1 Å². The van der Waals surface area contributed by atoms with Gasteiger partial charge in [0.1, 0.15) is 18.8 Å².